The molecule has 24 heavy (non-hydrogen) atoms. The Morgan fingerprint density at radius 2 is 2.04 bits per heavy atom. The van der Waals surface area contributed by atoms with Crippen LogP contribution in [0.15, 0.2) is 35.3 Å². The van der Waals surface area contributed by atoms with E-state index in [0.29, 0.717) is 19.6 Å². The van der Waals surface area contributed by atoms with Crippen molar-refractivity contribution in [3.8, 4) is 5.69 Å². The van der Waals surface area contributed by atoms with Gasteiger partial charge in [-0.15, -0.1) is 0 Å². The van der Waals surface area contributed by atoms with Crippen molar-refractivity contribution < 1.29 is 9.53 Å². The molecule has 6 heteroatoms. The van der Waals surface area contributed by atoms with Crippen molar-refractivity contribution in [3.63, 3.8) is 0 Å². The Hall–Kier alpha value is -2.34. The summed E-state index contributed by atoms with van der Waals surface area (Å²) in [7, 11) is 0. The Balaban J connectivity index is 1.95. The van der Waals surface area contributed by atoms with Crippen molar-refractivity contribution in [3.05, 3.63) is 52.2 Å². The molecule has 1 unspecified atom stereocenters. The normalized spacial score (nSPS) is 12.1. The second-order valence-corrected chi connectivity index (χ2v) is 5.75. The van der Waals surface area contributed by atoms with Crippen LogP contribution in [0.1, 0.15) is 44.0 Å². The Morgan fingerprint density at radius 1 is 1.33 bits per heavy atom. The van der Waals surface area contributed by atoms with Gasteiger partial charge in [0.05, 0.1) is 11.7 Å². The number of carbonyl (C=O) groups is 1. The summed E-state index contributed by atoms with van der Waals surface area (Å²) < 4.78 is 6.84. The van der Waals surface area contributed by atoms with Gasteiger partial charge in [0.15, 0.2) is 0 Å². The van der Waals surface area contributed by atoms with Gasteiger partial charge >= 0.3 is 5.69 Å². The van der Waals surface area contributed by atoms with Gasteiger partial charge in [-0.25, -0.2) is 4.79 Å². The lowest BCUT2D eigenvalue weighted by Crippen LogP contribution is -2.26. The van der Waals surface area contributed by atoms with Crippen molar-refractivity contribution >= 4 is 5.91 Å². The number of imidazole rings is 1. The number of nitrogens with zero attached hydrogens (tertiary/aromatic N) is 1. The molecule has 0 aliphatic heterocycles. The molecular weight excluding hydrogens is 306 g/mol. The average molecular weight is 331 g/mol. The molecule has 6 nitrogen and oxygen atoms in total. The molecule has 1 heterocycles. The molecule has 0 radical (unpaired) electrons. The van der Waals surface area contributed by atoms with Crippen LogP contribution >= 0.6 is 0 Å². The first-order valence-electron chi connectivity index (χ1n) is 8.27. The predicted octanol–water partition coefficient (Wildman–Crippen LogP) is 2.47. The molecule has 2 N–H and O–H groups in total. The first-order valence-corrected chi connectivity index (χ1v) is 8.27. The average Bonchev–Trinajstić information content (AvgIpc) is 2.90. The highest BCUT2D eigenvalue weighted by molar-refractivity contribution is 5.76. The van der Waals surface area contributed by atoms with E-state index in [1.807, 2.05) is 45.0 Å². The van der Waals surface area contributed by atoms with Gasteiger partial charge in [-0.3, -0.25) is 9.36 Å². The summed E-state index contributed by atoms with van der Waals surface area (Å²) in [6.45, 7) is 7.04. The van der Waals surface area contributed by atoms with Crippen LogP contribution in [0.25, 0.3) is 5.69 Å². The molecule has 130 valence electrons. The molecule has 0 aliphatic rings. The van der Waals surface area contributed by atoms with E-state index in [1.54, 1.807) is 10.8 Å². The maximum absolute atomic E-state index is 11.9. The number of amides is 1. The maximum Gasteiger partial charge on any atom is 0.330 e. The van der Waals surface area contributed by atoms with E-state index in [4.69, 9.17) is 4.74 Å². The fourth-order valence-electron chi connectivity index (χ4n) is 2.56. The smallest absolute Gasteiger partial charge is 0.330 e. The molecule has 2 rings (SSSR count). The van der Waals surface area contributed by atoms with Gasteiger partial charge in [0.25, 0.3) is 0 Å². The predicted molar refractivity (Wildman–Crippen MR) is 93.4 cm³/mol. The van der Waals surface area contributed by atoms with Crippen LogP contribution < -0.4 is 11.0 Å². The highest BCUT2D eigenvalue weighted by atomic mass is 16.5. The molecule has 0 spiro atoms. The monoisotopic (exact) mass is 331 g/mol. The summed E-state index contributed by atoms with van der Waals surface area (Å²) in [5.41, 5.74) is 2.50. The zero-order valence-corrected chi connectivity index (χ0v) is 14.5. The van der Waals surface area contributed by atoms with Crippen LogP contribution in [0.5, 0.6) is 0 Å². The summed E-state index contributed by atoms with van der Waals surface area (Å²) >= 11 is 0. The van der Waals surface area contributed by atoms with E-state index in [1.165, 1.54) is 0 Å². The van der Waals surface area contributed by atoms with E-state index < -0.39 is 0 Å². The third-order valence-electron chi connectivity index (χ3n) is 3.89. The highest BCUT2D eigenvalue weighted by Crippen LogP contribution is 2.16. The van der Waals surface area contributed by atoms with Gasteiger partial charge in [0.2, 0.25) is 5.91 Å². The van der Waals surface area contributed by atoms with Crippen LogP contribution in [-0.2, 0) is 9.53 Å². The van der Waals surface area contributed by atoms with Crippen molar-refractivity contribution in [2.45, 2.75) is 39.7 Å². The fourth-order valence-corrected chi connectivity index (χ4v) is 2.56. The molecule has 1 amide bonds. The van der Waals surface area contributed by atoms with Gasteiger partial charge in [0.1, 0.15) is 0 Å². The Morgan fingerprint density at radius 3 is 2.62 bits per heavy atom. The number of aromatic nitrogens is 2. The third kappa shape index (κ3) is 4.58. The Bertz CT molecular complexity index is 716. The second kappa shape index (κ2) is 8.49. The van der Waals surface area contributed by atoms with Crippen molar-refractivity contribution in [1.82, 2.24) is 14.9 Å². The molecule has 0 aliphatic carbocycles. The van der Waals surface area contributed by atoms with Crippen molar-refractivity contribution in [1.29, 1.82) is 0 Å². The zero-order valence-electron chi connectivity index (χ0n) is 14.5. The largest absolute Gasteiger partial charge is 0.382 e. The van der Waals surface area contributed by atoms with E-state index >= 15 is 0 Å². The molecule has 2 aromatic rings. The number of rotatable bonds is 8. The van der Waals surface area contributed by atoms with Crippen molar-refractivity contribution in [2.75, 3.05) is 13.2 Å². The number of carbonyl (C=O) groups excluding carboxylic acids is 1. The lowest BCUT2D eigenvalue weighted by molar-refractivity contribution is -0.122. The standard InChI is InChI=1S/C18H25N3O3/c1-4-24-11-5-6-17(22)20-14(3)15-7-9-16(10-8-15)21-13(2)12-19-18(21)23/h7-10,12,14H,4-6,11H2,1-3H3,(H,19,23)(H,20,22). The fraction of sp³-hybridized carbons (Fsp3) is 0.444. The summed E-state index contributed by atoms with van der Waals surface area (Å²) in [4.78, 5) is 26.4. The van der Waals surface area contributed by atoms with Crippen LogP contribution in [-0.4, -0.2) is 28.7 Å². The first kappa shape index (κ1) is 18.0. The summed E-state index contributed by atoms with van der Waals surface area (Å²) in [5.74, 6) is 0.0176. The molecule has 0 bridgehead atoms. The van der Waals surface area contributed by atoms with Gasteiger partial charge in [-0.1, -0.05) is 12.1 Å². The molecule has 1 aromatic heterocycles. The lowest BCUT2D eigenvalue weighted by Gasteiger charge is -2.15. The van der Waals surface area contributed by atoms with E-state index in [0.717, 1.165) is 23.4 Å². The number of hydrogen-bond donors (Lipinski definition) is 2. The number of hydrogen-bond acceptors (Lipinski definition) is 3. The van der Waals surface area contributed by atoms with E-state index in [2.05, 4.69) is 10.3 Å². The lowest BCUT2D eigenvalue weighted by atomic mass is 10.1. The van der Waals surface area contributed by atoms with Crippen LogP contribution in [0.2, 0.25) is 0 Å². The van der Waals surface area contributed by atoms with Gasteiger partial charge in [-0.05, 0) is 44.9 Å². The van der Waals surface area contributed by atoms with Crippen LogP contribution in [0, 0.1) is 6.92 Å². The van der Waals surface area contributed by atoms with E-state index in [9.17, 15) is 9.59 Å². The van der Waals surface area contributed by atoms with E-state index in [-0.39, 0.29) is 17.6 Å². The Labute approximate surface area is 141 Å². The van der Waals surface area contributed by atoms with Gasteiger partial charge < -0.3 is 15.0 Å². The van der Waals surface area contributed by atoms with Crippen molar-refractivity contribution in [2.24, 2.45) is 0 Å². The van der Waals surface area contributed by atoms with Gasteiger partial charge in [0, 0.05) is 31.5 Å². The summed E-state index contributed by atoms with van der Waals surface area (Å²) in [6.07, 6.45) is 2.86. The quantitative estimate of drug-likeness (QED) is 0.730. The molecule has 0 saturated heterocycles. The van der Waals surface area contributed by atoms with Gasteiger partial charge in [-0.2, -0.15) is 0 Å². The minimum atomic E-state index is -0.157. The number of aromatic amines is 1. The zero-order chi connectivity index (χ0) is 17.5. The molecule has 1 aromatic carbocycles. The van der Waals surface area contributed by atoms with Crippen LogP contribution in [0.3, 0.4) is 0 Å². The third-order valence-corrected chi connectivity index (χ3v) is 3.89. The summed E-state index contributed by atoms with van der Waals surface area (Å²) in [6, 6.07) is 7.55. The number of nitrogens with one attached hydrogen (secondary N) is 2. The number of aryl methyl sites for hydroxylation is 1. The second-order valence-electron chi connectivity index (χ2n) is 5.75. The highest BCUT2D eigenvalue weighted by Gasteiger charge is 2.10. The number of H-pyrrole nitrogens is 1. The molecule has 0 saturated carbocycles. The summed E-state index contributed by atoms with van der Waals surface area (Å²) in [5, 5.41) is 2.98. The molecule has 1 atom stereocenters. The number of benzene rings is 1. The maximum atomic E-state index is 11.9. The minimum absolute atomic E-state index is 0.0176. The topological polar surface area (TPSA) is 76.1 Å². The minimum Gasteiger partial charge on any atom is -0.382 e. The Kier molecular flexibility index (Phi) is 6.37. The molecular formula is C18H25N3O3. The van der Waals surface area contributed by atoms with Crippen LogP contribution in [0.4, 0.5) is 0 Å². The SMILES string of the molecule is CCOCCCC(=O)NC(C)c1ccc(-n2c(C)c[nH]c2=O)cc1. The first-order chi connectivity index (χ1) is 11.5. The molecule has 0 fully saturated rings. The number of ether oxygens (including phenoxy) is 1.